The van der Waals surface area contributed by atoms with E-state index in [2.05, 4.69) is 68.9 Å². The summed E-state index contributed by atoms with van der Waals surface area (Å²) in [6, 6.07) is 11.2. The summed E-state index contributed by atoms with van der Waals surface area (Å²) < 4.78 is 0. The highest BCUT2D eigenvalue weighted by Crippen LogP contribution is 2.34. The Morgan fingerprint density at radius 1 is 1.24 bits per heavy atom. The zero-order valence-corrected chi connectivity index (χ0v) is 14.2. The molecule has 3 unspecified atom stereocenters. The number of nitrogens with two attached hydrogens (primary N) is 1. The Bertz CT molecular complexity index is 441. The maximum absolute atomic E-state index is 6.54. The van der Waals surface area contributed by atoms with E-state index in [0.29, 0.717) is 6.04 Å². The first kappa shape index (κ1) is 16.5. The van der Waals surface area contributed by atoms with E-state index in [1.54, 1.807) is 0 Å². The van der Waals surface area contributed by atoms with Crippen molar-refractivity contribution in [1.29, 1.82) is 0 Å². The maximum Gasteiger partial charge on any atom is 0.0359 e. The largest absolute Gasteiger partial charge is 0.323 e. The molecule has 21 heavy (non-hydrogen) atoms. The predicted octanol–water partition coefficient (Wildman–Crippen LogP) is 2.59. The van der Waals surface area contributed by atoms with Crippen LogP contribution in [-0.2, 0) is 0 Å². The molecule has 0 aliphatic carbocycles. The van der Waals surface area contributed by atoms with Crippen molar-refractivity contribution >= 4 is 0 Å². The summed E-state index contributed by atoms with van der Waals surface area (Å²) in [6.07, 6.45) is 0. The third-order valence-electron chi connectivity index (χ3n) is 4.94. The van der Waals surface area contributed by atoms with Crippen molar-refractivity contribution in [3.8, 4) is 0 Å². The van der Waals surface area contributed by atoms with E-state index in [1.165, 1.54) is 12.1 Å². The van der Waals surface area contributed by atoms with Crippen LogP contribution in [0.2, 0.25) is 0 Å². The van der Waals surface area contributed by atoms with Gasteiger partial charge in [0.2, 0.25) is 0 Å². The molecule has 0 bridgehead atoms. The van der Waals surface area contributed by atoms with E-state index in [4.69, 9.17) is 5.73 Å². The number of benzene rings is 1. The van der Waals surface area contributed by atoms with Gasteiger partial charge in [0.1, 0.15) is 0 Å². The third kappa shape index (κ3) is 3.85. The normalized spacial score (nSPS) is 25.5. The van der Waals surface area contributed by atoms with Crippen LogP contribution in [0.25, 0.3) is 0 Å². The van der Waals surface area contributed by atoms with Gasteiger partial charge in [0, 0.05) is 31.7 Å². The summed E-state index contributed by atoms with van der Waals surface area (Å²) >= 11 is 0. The van der Waals surface area contributed by atoms with Crippen LogP contribution in [0, 0.1) is 11.3 Å². The van der Waals surface area contributed by atoms with Crippen LogP contribution in [0.1, 0.15) is 32.4 Å². The zero-order valence-electron chi connectivity index (χ0n) is 14.2. The molecule has 1 aromatic rings. The lowest BCUT2D eigenvalue weighted by atomic mass is 9.80. The fourth-order valence-electron chi connectivity index (χ4n) is 3.64. The third-order valence-corrected chi connectivity index (χ3v) is 4.94. The number of hydrogen-bond donors (Lipinski definition) is 1. The Hall–Kier alpha value is -0.900. The molecule has 118 valence electrons. The SMILES string of the molecule is CC1CN(CC(C)(C)C(N)c2ccccc2)CC1N(C)C. The van der Waals surface area contributed by atoms with E-state index in [9.17, 15) is 0 Å². The van der Waals surface area contributed by atoms with Gasteiger partial charge in [0.05, 0.1) is 0 Å². The molecule has 3 heteroatoms. The molecular weight excluding hydrogens is 258 g/mol. The molecule has 1 fully saturated rings. The summed E-state index contributed by atoms with van der Waals surface area (Å²) in [5.41, 5.74) is 7.85. The Labute approximate surface area is 130 Å². The lowest BCUT2D eigenvalue weighted by molar-refractivity contribution is 0.166. The summed E-state index contributed by atoms with van der Waals surface area (Å²) in [5.74, 6) is 0.726. The Balaban J connectivity index is 2.01. The molecule has 0 aromatic heterocycles. The van der Waals surface area contributed by atoms with E-state index < -0.39 is 0 Å². The molecule has 0 spiro atoms. The second-order valence-electron chi connectivity index (χ2n) is 7.58. The van der Waals surface area contributed by atoms with Gasteiger partial charge in [-0.15, -0.1) is 0 Å². The second kappa shape index (κ2) is 6.47. The minimum atomic E-state index is 0.0717. The van der Waals surface area contributed by atoms with Gasteiger partial charge in [-0.3, -0.25) is 0 Å². The van der Waals surface area contributed by atoms with Crippen molar-refractivity contribution in [1.82, 2.24) is 9.80 Å². The fraction of sp³-hybridized carbons (Fsp3) is 0.667. The molecule has 0 radical (unpaired) electrons. The predicted molar refractivity (Wildman–Crippen MR) is 90.2 cm³/mol. The van der Waals surface area contributed by atoms with Gasteiger partial charge in [-0.1, -0.05) is 51.1 Å². The van der Waals surface area contributed by atoms with Crippen LogP contribution in [0.5, 0.6) is 0 Å². The van der Waals surface area contributed by atoms with Gasteiger partial charge in [0.15, 0.2) is 0 Å². The van der Waals surface area contributed by atoms with Gasteiger partial charge in [0.25, 0.3) is 0 Å². The molecule has 3 atom stereocenters. The van der Waals surface area contributed by atoms with Crippen LogP contribution in [0.4, 0.5) is 0 Å². The van der Waals surface area contributed by atoms with Gasteiger partial charge in [-0.25, -0.2) is 0 Å². The monoisotopic (exact) mass is 289 g/mol. The van der Waals surface area contributed by atoms with Crippen molar-refractivity contribution in [2.24, 2.45) is 17.1 Å². The molecule has 1 aromatic carbocycles. The topological polar surface area (TPSA) is 32.5 Å². The molecular formula is C18H31N3. The van der Waals surface area contributed by atoms with Gasteiger partial charge in [-0.05, 0) is 31.0 Å². The molecule has 1 heterocycles. The van der Waals surface area contributed by atoms with Crippen molar-refractivity contribution in [3.63, 3.8) is 0 Å². The Morgan fingerprint density at radius 3 is 2.38 bits per heavy atom. The summed E-state index contributed by atoms with van der Waals surface area (Å²) in [6.45, 7) is 10.3. The summed E-state index contributed by atoms with van der Waals surface area (Å²) in [4.78, 5) is 4.94. The summed E-state index contributed by atoms with van der Waals surface area (Å²) in [5, 5.41) is 0. The Morgan fingerprint density at radius 2 is 1.86 bits per heavy atom. The van der Waals surface area contributed by atoms with Crippen LogP contribution in [-0.4, -0.2) is 49.6 Å². The first-order valence-electron chi connectivity index (χ1n) is 8.00. The molecule has 0 saturated carbocycles. The van der Waals surface area contributed by atoms with E-state index in [-0.39, 0.29) is 11.5 Å². The first-order chi connectivity index (χ1) is 9.81. The van der Waals surface area contributed by atoms with E-state index in [0.717, 1.165) is 19.0 Å². The minimum Gasteiger partial charge on any atom is -0.323 e. The number of rotatable bonds is 5. The first-order valence-corrected chi connectivity index (χ1v) is 8.00. The van der Waals surface area contributed by atoms with Crippen molar-refractivity contribution in [2.45, 2.75) is 32.9 Å². The summed E-state index contributed by atoms with van der Waals surface area (Å²) in [7, 11) is 4.37. The molecule has 1 saturated heterocycles. The maximum atomic E-state index is 6.54. The quantitative estimate of drug-likeness (QED) is 0.904. The van der Waals surface area contributed by atoms with Gasteiger partial charge in [-0.2, -0.15) is 0 Å². The van der Waals surface area contributed by atoms with Crippen molar-refractivity contribution < 1.29 is 0 Å². The van der Waals surface area contributed by atoms with Crippen LogP contribution in [0.3, 0.4) is 0 Å². The van der Waals surface area contributed by atoms with Crippen LogP contribution < -0.4 is 5.73 Å². The number of likely N-dealkylation sites (tertiary alicyclic amines) is 1. The lowest BCUT2D eigenvalue weighted by Gasteiger charge is -2.36. The molecule has 3 nitrogen and oxygen atoms in total. The average molecular weight is 289 g/mol. The highest BCUT2D eigenvalue weighted by atomic mass is 15.2. The molecule has 2 rings (SSSR count). The lowest BCUT2D eigenvalue weighted by Crippen LogP contribution is -2.41. The highest BCUT2D eigenvalue weighted by Gasteiger charge is 2.36. The number of nitrogens with zero attached hydrogens (tertiary/aromatic N) is 2. The zero-order chi connectivity index (χ0) is 15.6. The standard InChI is InChI=1S/C18H31N3/c1-14-11-21(12-16(14)20(4)5)13-18(2,3)17(19)15-9-7-6-8-10-15/h6-10,14,16-17H,11-13,19H2,1-5H3. The highest BCUT2D eigenvalue weighted by molar-refractivity contribution is 5.20. The smallest absolute Gasteiger partial charge is 0.0359 e. The molecule has 2 N–H and O–H groups in total. The molecule has 1 aliphatic rings. The average Bonchev–Trinajstić information content (AvgIpc) is 2.79. The Kier molecular flexibility index (Phi) is 5.07. The fourth-order valence-corrected chi connectivity index (χ4v) is 3.64. The van der Waals surface area contributed by atoms with Gasteiger partial charge < -0.3 is 15.5 Å². The molecule has 1 aliphatic heterocycles. The van der Waals surface area contributed by atoms with Crippen molar-refractivity contribution in [3.05, 3.63) is 35.9 Å². The van der Waals surface area contributed by atoms with Crippen LogP contribution >= 0.6 is 0 Å². The number of likely N-dealkylation sites (N-methyl/N-ethyl adjacent to an activating group) is 1. The van der Waals surface area contributed by atoms with Crippen LogP contribution in [0.15, 0.2) is 30.3 Å². The minimum absolute atomic E-state index is 0.0717. The van der Waals surface area contributed by atoms with E-state index >= 15 is 0 Å². The van der Waals surface area contributed by atoms with Crippen molar-refractivity contribution in [2.75, 3.05) is 33.7 Å². The van der Waals surface area contributed by atoms with Gasteiger partial charge >= 0.3 is 0 Å². The second-order valence-corrected chi connectivity index (χ2v) is 7.58. The van der Waals surface area contributed by atoms with E-state index in [1.807, 2.05) is 6.07 Å². The molecule has 0 amide bonds. The number of hydrogen-bond acceptors (Lipinski definition) is 3.